The van der Waals surface area contributed by atoms with Gasteiger partial charge in [-0.3, -0.25) is 0 Å². The second-order valence-corrected chi connectivity index (χ2v) is 14.7. The van der Waals surface area contributed by atoms with Gasteiger partial charge in [-0.25, -0.2) is 13.4 Å². The van der Waals surface area contributed by atoms with Gasteiger partial charge in [0.15, 0.2) is 15.7 Å². The van der Waals surface area contributed by atoms with Crippen molar-refractivity contribution in [1.82, 2.24) is 9.97 Å². The molecule has 3 aromatic rings. The average Bonchev–Trinajstić information content (AvgIpc) is 3.29. The lowest BCUT2D eigenvalue weighted by atomic mass is 10.3. The Morgan fingerprint density at radius 3 is 2.46 bits per heavy atom. The molecule has 1 aliphatic rings. The van der Waals surface area contributed by atoms with Crippen LogP contribution in [0, 0.1) is 0 Å². The molecular formula is C24H28ClN4O4PS. The first-order chi connectivity index (χ1) is 16.6. The van der Waals surface area contributed by atoms with Crippen LogP contribution >= 0.6 is 18.7 Å². The lowest BCUT2D eigenvalue weighted by Crippen LogP contribution is -2.15. The minimum absolute atomic E-state index is 0.165. The van der Waals surface area contributed by atoms with Crippen molar-refractivity contribution in [3.05, 3.63) is 53.7 Å². The Morgan fingerprint density at radius 2 is 1.77 bits per heavy atom. The molecule has 0 bridgehead atoms. The first-order valence-corrected chi connectivity index (χ1v) is 15.3. The van der Waals surface area contributed by atoms with Crippen molar-refractivity contribution in [2.75, 3.05) is 30.1 Å². The zero-order valence-corrected chi connectivity index (χ0v) is 22.3. The van der Waals surface area contributed by atoms with Crippen molar-refractivity contribution in [2.24, 2.45) is 0 Å². The number of sulfone groups is 1. The average molecular weight is 535 g/mol. The summed E-state index contributed by atoms with van der Waals surface area (Å²) in [6.07, 6.45) is 4.85. The summed E-state index contributed by atoms with van der Waals surface area (Å²) in [6.45, 7) is 3.27. The smallest absolute Gasteiger partial charge is 0.229 e. The standard InChI is InChI=1S/C24H28ClN4O4PS/c1-16(2)35(31,32)22-9-5-4-8-20(22)27-23-18(25)15-26-24(29-23)28-19-11-10-17(14-21(19)33-3)34(30)12-6-7-13-34/h4-5,8-11,14-16H,6-7,12-13H2,1-3H3,(H2,26,27,28,29). The minimum Gasteiger partial charge on any atom is -0.495 e. The molecule has 186 valence electrons. The van der Waals surface area contributed by atoms with Crippen LogP contribution in [0.3, 0.4) is 0 Å². The third-order valence-corrected chi connectivity index (χ3v) is 11.8. The van der Waals surface area contributed by atoms with E-state index in [9.17, 15) is 13.0 Å². The zero-order chi connectivity index (χ0) is 25.2. The highest BCUT2D eigenvalue weighted by Crippen LogP contribution is 2.51. The molecular weight excluding hydrogens is 507 g/mol. The van der Waals surface area contributed by atoms with E-state index >= 15 is 0 Å². The number of anilines is 4. The first-order valence-electron chi connectivity index (χ1n) is 11.3. The molecule has 0 atom stereocenters. The molecule has 2 aromatic carbocycles. The van der Waals surface area contributed by atoms with Crippen LogP contribution in [-0.2, 0) is 14.4 Å². The highest BCUT2D eigenvalue weighted by molar-refractivity contribution is 7.92. The van der Waals surface area contributed by atoms with Crippen LogP contribution in [0.1, 0.15) is 26.7 Å². The van der Waals surface area contributed by atoms with Crippen LogP contribution in [-0.4, -0.2) is 43.1 Å². The molecule has 0 amide bonds. The van der Waals surface area contributed by atoms with Gasteiger partial charge in [-0.05, 0) is 57.0 Å². The van der Waals surface area contributed by atoms with Crippen molar-refractivity contribution in [2.45, 2.75) is 36.8 Å². The van der Waals surface area contributed by atoms with Gasteiger partial charge in [-0.1, -0.05) is 23.7 Å². The molecule has 11 heteroatoms. The van der Waals surface area contributed by atoms with Crippen molar-refractivity contribution < 1.29 is 17.7 Å². The third kappa shape index (κ3) is 5.32. The number of para-hydroxylation sites is 1. The molecule has 0 spiro atoms. The number of aromatic nitrogens is 2. The fraction of sp³-hybridized carbons (Fsp3) is 0.333. The molecule has 1 saturated heterocycles. The summed E-state index contributed by atoms with van der Waals surface area (Å²) in [6, 6.07) is 12.1. The van der Waals surface area contributed by atoms with Crippen molar-refractivity contribution >= 4 is 57.0 Å². The van der Waals surface area contributed by atoms with Gasteiger partial charge < -0.3 is 19.9 Å². The number of ether oxygens (including phenoxy) is 1. The Bertz CT molecular complexity index is 1390. The summed E-state index contributed by atoms with van der Waals surface area (Å²) >= 11 is 6.33. The fourth-order valence-corrected chi connectivity index (χ4v) is 8.22. The van der Waals surface area contributed by atoms with Gasteiger partial charge in [0.25, 0.3) is 0 Å². The molecule has 2 heterocycles. The normalized spacial score (nSPS) is 15.2. The number of nitrogens with zero attached hydrogens (tertiary/aromatic N) is 2. The van der Waals surface area contributed by atoms with Crippen LogP contribution in [0.4, 0.5) is 23.1 Å². The fourth-order valence-electron chi connectivity index (χ4n) is 3.98. The third-order valence-electron chi connectivity index (χ3n) is 6.00. The molecule has 2 N–H and O–H groups in total. The van der Waals surface area contributed by atoms with E-state index in [0.29, 0.717) is 17.1 Å². The summed E-state index contributed by atoms with van der Waals surface area (Å²) in [7, 11) is -4.34. The second kappa shape index (κ2) is 10.2. The van der Waals surface area contributed by atoms with Gasteiger partial charge in [-0.2, -0.15) is 4.98 Å². The van der Waals surface area contributed by atoms with Gasteiger partial charge in [-0.15, -0.1) is 0 Å². The van der Waals surface area contributed by atoms with E-state index < -0.39 is 22.2 Å². The van der Waals surface area contributed by atoms with E-state index in [1.807, 2.05) is 18.2 Å². The summed E-state index contributed by atoms with van der Waals surface area (Å²) in [5.74, 6) is 1.02. The molecule has 0 aliphatic carbocycles. The van der Waals surface area contributed by atoms with Gasteiger partial charge >= 0.3 is 0 Å². The number of benzene rings is 2. The maximum atomic E-state index is 13.2. The van der Waals surface area contributed by atoms with Crippen LogP contribution in [0.5, 0.6) is 5.75 Å². The monoisotopic (exact) mass is 534 g/mol. The van der Waals surface area contributed by atoms with Crippen LogP contribution in [0.15, 0.2) is 53.6 Å². The molecule has 1 fully saturated rings. The van der Waals surface area contributed by atoms with E-state index in [-0.39, 0.29) is 21.7 Å². The number of rotatable bonds is 8. The van der Waals surface area contributed by atoms with Crippen LogP contribution < -0.4 is 20.7 Å². The van der Waals surface area contributed by atoms with E-state index in [0.717, 1.165) is 30.5 Å². The Kier molecular flexibility index (Phi) is 7.40. The first kappa shape index (κ1) is 25.5. The Hall–Kier alpha value is -2.61. The quantitative estimate of drug-likeness (QED) is 0.360. The van der Waals surface area contributed by atoms with Crippen LogP contribution in [0.2, 0.25) is 5.02 Å². The largest absolute Gasteiger partial charge is 0.495 e. The van der Waals surface area contributed by atoms with E-state index in [2.05, 4.69) is 20.6 Å². The van der Waals surface area contributed by atoms with Crippen molar-refractivity contribution in [1.29, 1.82) is 0 Å². The number of hydrogen-bond acceptors (Lipinski definition) is 8. The predicted molar refractivity (Wildman–Crippen MR) is 142 cm³/mol. The lowest BCUT2D eigenvalue weighted by molar-refractivity contribution is 0.417. The summed E-state index contributed by atoms with van der Waals surface area (Å²) in [5, 5.41) is 6.62. The van der Waals surface area contributed by atoms with Gasteiger partial charge in [0.2, 0.25) is 5.95 Å². The van der Waals surface area contributed by atoms with Crippen molar-refractivity contribution in [3.63, 3.8) is 0 Å². The SMILES string of the molecule is COc1cc(P2(=O)CCCC2)ccc1Nc1ncc(Cl)c(Nc2ccccc2S(=O)(=O)C(C)C)n1. The number of methoxy groups -OCH3 is 1. The molecule has 1 aromatic heterocycles. The maximum Gasteiger partial charge on any atom is 0.229 e. The van der Waals surface area contributed by atoms with Gasteiger partial charge in [0.05, 0.1) is 34.8 Å². The molecule has 0 saturated carbocycles. The molecule has 8 nitrogen and oxygen atoms in total. The summed E-state index contributed by atoms with van der Waals surface area (Å²) in [4.78, 5) is 8.86. The zero-order valence-electron chi connectivity index (χ0n) is 19.8. The number of hydrogen-bond donors (Lipinski definition) is 2. The van der Waals surface area contributed by atoms with E-state index in [1.54, 1.807) is 45.2 Å². The molecule has 35 heavy (non-hydrogen) atoms. The minimum atomic E-state index is -3.53. The highest BCUT2D eigenvalue weighted by Gasteiger charge is 2.29. The lowest BCUT2D eigenvalue weighted by Gasteiger charge is -2.17. The van der Waals surface area contributed by atoms with Crippen LogP contribution in [0.25, 0.3) is 0 Å². The Morgan fingerprint density at radius 1 is 1.06 bits per heavy atom. The Balaban J connectivity index is 1.63. The predicted octanol–water partition coefficient (Wildman–Crippen LogP) is 5.59. The molecule has 0 unspecified atom stereocenters. The summed E-state index contributed by atoms with van der Waals surface area (Å²) < 4.78 is 44.3. The molecule has 1 aliphatic heterocycles. The van der Waals surface area contributed by atoms with E-state index in [1.165, 1.54) is 6.20 Å². The van der Waals surface area contributed by atoms with Crippen molar-refractivity contribution in [3.8, 4) is 5.75 Å². The van der Waals surface area contributed by atoms with Gasteiger partial charge in [0.1, 0.15) is 17.9 Å². The van der Waals surface area contributed by atoms with E-state index in [4.69, 9.17) is 16.3 Å². The molecule has 0 radical (unpaired) electrons. The number of halogens is 1. The van der Waals surface area contributed by atoms with Gasteiger partial charge in [0, 0.05) is 17.6 Å². The highest BCUT2D eigenvalue weighted by atomic mass is 35.5. The molecule has 4 rings (SSSR count). The Labute approximate surface area is 210 Å². The second-order valence-electron chi connectivity index (χ2n) is 8.66. The maximum absolute atomic E-state index is 13.2. The number of nitrogens with one attached hydrogen (secondary N) is 2. The topological polar surface area (TPSA) is 110 Å². The summed E-state index contributed by atoms with van der Waals surface area (Å²) in [5.41, 5.74) is 0.981.